The Bertz CT molecular complexity index is 1190. The highest BCUT2D eigenvalue weighted by molar-refractivity contribution is 5.97. The first kappa shape index (κ1) is 24.4. The van der Waals surface area contributed by atoms with Crippen molar-refractivity contribution in [3.05, 3.63) is 59.0 Å². The molecule has 0 aliphatic rings. The Kier molecular flexibility index (Phi) is 7.96. The predicted octanol–water partition coefficient (Wildman–Crippen LogP) is 2.66. The van der Waals surface area contributed by atoms with Crippen molar-refractivity contribution in [3.8, 4) is 34.0 Å². The van der Waals surface area contributed by atoms with Gasteiger partial charge in [0.15, 0.2) is 0 Å². The SMILES string of the molecule is CCOC(=O)C(C(=O)OCC)n1nc(-c2ccc(OC)cc2)c(-c2ccc(OC)cc2)nc1=O. The summed E-state index contributed by atoms with van der Waals surface area (Å²) >= 11 is 0. The van der Waals surface area contributed by atoms with Gasteiger partial charge in [-0.1, -0.05) is 0 Å². The van der Waals surface area contributed by atoms with E-state index in [1.165, 1.54) is 0 Å². The largest absolute Gasteiger partial charge is 0.497 e. The Morgan fingerprint density at radius 3 is 1.65 bits per heavy atom. The number of ether oxygens (including phenoxy) is 4. The lowest BCUT2D eigenvalue weighted by Crippen LogP contribution is -2.40. The molecule has 34 heavy (non-hydrogen) atoms. The van der Waals surface area contributed by atoms with Crippen LogP contribution in [-0.4, -0.2) is 54.1 Å². The molecule has 3 rings (SSSR count). The van der Waals surface area contributed by atoms with E-state index in [0.717, 1.165) is 0 Å². The summed E-state index contributed by atoms with van der Waals surface area (Å²) in [7, 11) is 3.09. The zero-order valence-electron chi connectivity index (χ0n) is 19.3. The van der Waals surface area contributed by atoms with Gasteiger partial charge in [0, 0.05) is 11.1 Å². The highest BCUT2D eigenvalue weighted by atomic mass is 16.6. The van der Waals surface area contributed by atoms with Crippen molar-refractivity contribution in [2.45, 2.75) is 19.9 Å². The second-order valence-electron chi connectivity index (χ2n) is 6.90. The molecule has 0 fully saturated rings. The number of hydrogen-bond acceptors (Lipinski definition) is 9. The number of hydrogen-bond donors (Lipinski definition) is 0. The molecule has 10 nitrogen and oxygen atoms in total. The Balaban J connectivity index is 2.24. The van der Waals surface area contributed by atoms with Crippen molar-refractivity contribution in [1.82, 2.24) is 14.8 Å². The first-order valence-corrected chi connectivity index (χ1v) is 10.6. The van der Waals surface area contributed by atoms with Crippen molar-refractivity contribution in [2.24, 2.45) is 0 Å². The van der Waals surface area contributed by atoms with Crippen molar-refractivity contribution < 1.29 is 28.5 Å². The van der Waals surface area contributed by atoms with E-state index < -0.39 is 23.7 Å². The Hall–Kier alpha value is -4.21. The predicted molar refractivity (Wildman–Crippen MR) is 123 cm³/mol. The standard InChI is InChI=1S/C24H25N3O7/c1-5-33-22(28)21(23(29)34-6-2)27-24(30)25-19(15-7-11-17(31-3)12-8-15)20(26-27)16-9-13-18(32-4)14-10-16/h7-14,21H,5-6H2,1-4H3. The van der Waals surface area contributed by atoms with E-state index in [2.05, 4.69) is 10.1 Å². The molecule has 0 aliphatic heterocycles. The molecule has 0 atom stereocenters. The van der Waals surface area contributed by atoms with Crippen molar-refractivity contribution in [1.29, 1.82) is 0 Å². The molecule has 0 aliphatic carbocycles. The lowest BCUT2D eigenvalue weighted by molar-refractivity contribution is -0.161. The molecule has 10 heteroatoms. The normalized spacial score (nSPS) is 10.6. The fraction of sp³-hybridized carbons (Fsp3) is 0.292. The van der Waals surface area contributed by atoms with Gasteiger partial charge in [-0.2, -0.15) is 14.8 Å². The third kappa shape index (κ3) is 5.22. The van der Waals surface area contributed by atoms with Gasteiger partial charge in [-0.15, -0.1) is 0 Å². The molecule has 3 aromatic rings. The minimum Gasteiger partial charge on any atom is -0.497 e. The summed E-state index contributed by atoms with van der Waals surface area (Å²) in [6.07, 6.45) is 0. The molecule has 0 bridgehead atoms. The second-order valence-corrected chi connectivity index (χ2v) is 6.90. The number of carbonyl (C=O) groups is 2. The van der Waals surface area contributed by atoms with Gasteiger partial charge < -0.3 is 18.9 Å². The molecule has 0 saturated heterocycles. The van der Waals surface area contributed by atoms with Gasteiger partial charge in [0.05, 0.1) is 27.4 Å². The molecule has 0 saturated carbocycles. The zero-order chi connectivity index (χ0) is 24.7. The van der Waals surface area contributed by atoms with E-state index in [1.807, 2.05) is 0 Å². The highest BCUT2D eigenvalue weighted by Crippen LogP contribution is 2.30. The maximum Gasteiger partial charge on any atom is 0.365 e. The fourth-order valence-corrected chi connectivity index (χ4v) is 3.20. The summed E-state index contributed by atoms with van der Waals surface area (Å²) in [5.41, 5.74) is 0.798. The molecule has 0 N–H and O–H groups in total. The van der Waals surface area contributed by atoms with Gasteiger partial charge in [0.2, 0.25) is 0 Å². The average Bonchev–Trinajstić information content (AvgIpc) is 2.85. The molecule has 178 valence electrons. The van der Waals surface area contributed by atoms with E-state index in [1.54, 1.807) is 76.6 Å². The molecule has 0 amide bonds. The number of carbonyl (C=O) groups excluding carboxylic acids is 2. The molecule has 0 spiro atoms. The first-order valence-electron chi connectivity index (χ1n) is 10.6. The van der Waals surface area contributed by atoms with Crippen LogP contribution in [0.15, 0.2) is 53.3 Å². The lowest BCUT2D eigenvalue weighted by Gasteiger charge is -2.18. The van der Waals surface area contributed by atoms with E-state index >= 15 is 0 Å². The minimum absolute atomic E-state index is 0.00614. The highest BCUT2D eigenvalue weighted by Gasteiger charge is 2.35. The van der Waals surface area contributed by atoms with Crippen molar-refractivity contribution >= 4 is 11.9 Å². The van der Waals surface area contributed by atoms with Gasteiger partial charge in [0.1, 0.15) is 22.9 Å². The summed E-state index contributed by atoms with van der Waals surface area (Å²) in [6, 6.07) is 12.1. The zero-order valence-corrected chi connectivity index (χ0v) is 19.3. The third-order valence-electron chi connectivity index (χ3n) is 4.83. The maximum absolute atomic E-state index is 13.0. The van der Waals surface area contributed by atoms with E-state index in [4.69, 9.17) is 18.9 Å². The Morgan fingerprint density at radius 2 is 1.24 bits per heavy atom. The molecule has 0 unspecified atom stereocenters. The molecular weight excluding hydrogens is 442 g/mol. The fourth-order valence-electron chi connectivity index (χ4n) is 3.20. The summed E-state index contributed by atoms with van der Waals surface area (Å²) < 4.78 is 21.1. The Labute approximate surface area is 196 Å². The van der Waals surface area contributed by atoms with Gasteiger partial charge in [-0.3, -0.25) is 0 Å². The summed E-state index contributed by atoms with van der Waals surface area (Å²) in [4.78, 5) is 42.4. The van der Waals surface area contributed by atoms with Gasteiger partial charge in [-0.25, -0.2) is 14.4 Å². The van der Waals surface area contributed by atoms with E-state index in [9.17, 15) is 14.4 Å². The summed E-state index contributed by atoms with van der Waals surface area (Å²) in [5, 5.41) is 4.39. The summed E-state index contributed by atoms with van der Waals surface area (Å²) in [5.74, 6) is -0.682. The molecule has 1 aromatic heterocycles. The van der Waals surface area contributed by atoms with Crippen LogP contribution in [-0.2, 0) is 19.1 Å². The smallest absolute Gasteiger partial charge is 0.365 e. The number of aromatic nitrogens is 3. The van der Waals surface area contributed by atoms with Crippen LogP contribution in [0.2, 0.25) is 0 Å². The van der Waals surface area contributed by atoms with E-state index in [0.29, 0.717) is 27.3 Å². The molecule has 1 heterocycles. The van der Waals surface area contributed by atoms with Gasteiger partial charge in [-0.05, 0) is 62.4 Å². The number of benzene rings is 2. The van der Waals surface area contributed by atoms with Crippen molar-refractivity contribution in [2.75, 3.05) is 27.4 Å². The van der Waals surface area contributed by atoms with Crippen LogP contribution in [0.3, 0.4) is 0 Å². The van der Waals surface area contributed by atoms with E-state index in [-0.39, 0.29) is 24.6 Å². The van der Waals surface area contributed by atoms with Crippen LogP contribution in [0, 0.1) is 0 Å². The number of nitrogens with zero attached hydrogens (tertiary/aromatic N) is 3. The first-order chi connectivity index (χ1) is 16.4. The monoisotopic (exact) mass is 467 g/mol. The number of methoxy groups -OCH3 is 2. The Morgan fingerprint density at radius 1 is 0.794 bits per heavy atom. The van der Waals surface area contributed by atoms with Crippen LogP contribution in [0.4, 0.5) is 0 Å². The second kappa shape index (κ2) is 11.1. The quantitative estimate of drug-likeness (QED) is 0.346. The lowest BCUT2D eigenvalue weighted by atomic mass is 10.0. The maximum atomic E-state index is 13.0. The molecular formula is C24H25N3O7. The summed E-state index contributed by atoms with van der Waals surface area (Å²) in [6.45, 7) is 3.19. The molecule has 2 aromatic carbocycles. The number of rotatable bonds is 9. The van der Waals surface area contributed by atoms with Crippen LogP contribution in [0.5, 0.6) is 11.5 Å². The minimum atomic E-state index is -1.73. The third-order valence-corrected chi connectivity index (χ3v) is 4.83. The number of esters is 2. The van der Waals surface area contributed by atoms with Crippen LogP contribution in [0.1, 0.15) is 19.9 Å². The topological polar surface area (TPSA) is 119 Å². The van der Waals surface area contributed by atoms with Crippen molar-refractivity contribution in [3.63, 3.8) is 0 Å². The molecule has 0 radical (unpaired) electrons. The van der Waals surface area contributed by atoms with Gasteiger partial charge in [0.25, 0.3) is 6.04 Å². The van der Waals surface area contributed by atoms with Crippen LogP contribution >= 0.6 is 0 Å². The van der Waals surface area contributed by atoms with Gasteiger partial charge >= 0.3 is 17.6 Å². The average molecular weight is 467 g/mol. The van der Waals surface area contributed by atoms with Crippen LogP contribution in [0.25, 0.3) is 22.5 Å². The van der Waals surface area contributed by atoms with Crippen LogP contribution < -0.4 is 15.2 Å².